The van der Waals surface area contributed by atoms with Crippen molar-refractivity contribution in [3.05, 3.63) is 23.8 Å². The van der Waals surface area contributed by atoms with Crippen molar-refractivity contribution in [3.63, 3.8) is 0 Å². The van der Waals surface area contributed by atoms with Crippen molar-refractivity contribution in [2.45, 2.75) is 13.0 Å². The van der Waals surface area contributed by atoms with Crippen molar-refractivity contribution in [2.75, 3.05) is 20.0 Å². The first-order valence-corrected chi connectivity index (χ1v) is 5.22. The molecule has 0 heterocycles. The van der Waals surface area contributed by atoms with E-state index in [9.17, 15) is 9.59 Å². The van der Waals surface area contributed by atoms with Crippen LogP contribution >= 0.6 is 0 Å². The van der Waals surface area contributed by atoms with E-state index in [1.54, 1.807) is 6.07 Å². The summed E-state index contributed by atoms with van der Waals surface area (Å²) in [5.74, 6) is -0.865. The lowest BCUT2D eigenvalue weighted by molar-refractivity contribution is -0.149. The van der Waals surface area contributed by atoms with Gasteiger partial charge in [0.15, 0.2) is 6.10 Å². The zero-order chi connectivity index (χ0) is 13.7. The lowest BCUT2D eigenvalue weighted by atomic mass is 10.1. The Morgan fingerprint density at radius 1 is 1.28 bits per heavy atom. The van der Waals surface area contributed by atoms with Crippen molar-refractivity contribution in [1.82, 2.24) is 0 Å². The van der Waals surface area contributed by atoms with Crippen LogP contribution in [-0.2, 0) is 14.3 Å². The molecule has 0 aliphatic carbocycles. The Labute approximate surface area is 105 Å². The predicted octanol–water partition coefficient (Wildman–Crippen LogP) is 0.996. The second-order valence-electron chi connectivity index (χ2n) is 3.52. The Morgan fingerprint density at radius 2 is 1.94 bits per heavy atom. The van der Waals surface area contributed by atoms with E-state index in [2.05, 4.69) is 4.74 Å². The molecular formula is C12H15NO5. The smallest absolute Gasteiger partial charge is 0.346 e. The third kappa shape index (κ3) is 3.13. The van der Waals surface area contributed by atoms with Gasteiger partial charge in [-0.2, -0.15) is 0 Å². The maximum atomic E-state index is 11.8. The molecule has 0 fully saturated rings. The average Bonchev–Trinajstić information content (AvgIpc) is 2.38. The number of benzene rings is 1. The second kappa shape index (κ2) is 5.90. The number of nitrogens with two attached hydrogens (primary N) is 1. The van der Waals surface area contributed by atoms with Crippen LogP contribution in [0, 0.1) is 0 Å². The van der Waals surface area contributed by atoms with Gasteiger partial charge in [-0.25, -0.2) is 9.59 Å². The molecule has 6 nitrogen and oxygen atoms in total. The molecule has 1 atom stereocenters. The molecule has 0 saturated heterocycles. The summed E-state index contributed by atoms with van der Waals surface area (Å²) in [7, 11) is 2.68. The third-order valence-electron chi connectivity index (χ3n) is 2.30. The Hall–Kier alpha value is -2.24. The molecule has 98 valence electrons. The largest absolute Gasteiger partial charge is 0.497 e. The SMILES string of the molecule is COC(=O)C(C)OC(=O)c1cc(OC)ccc1N. The van der Waals surface area contributed by atoms with Gasteiger partial charge in [-0.05, 0) is 25.1 Å². The minimum Gasteiger partial charge on any atom is -0.497 e. The van der Waals surface area contributed by atoms with E-state index in [0.717, 1.165) is 0 Å². The molecule has 0 amide bonds. The number of hydrogen-bond acceptors (Lipinski definition) is 6. The van der Waals surface area contributed by atoms with Crippen molar-refractivity contribution < 1.29 is 23.8 Å². The van der Waals surface area contributed by atoms with Gasteiger partial charge in [0, 0.05) is 5.69 Å². The van der Waals surface area contributed by atoms with Gasteiger partial charge in [-0.3, -0.25) is 0 Å². The third-order valence-corrected chi connectivity index (χ3v) is 2.30. The summed E-state index contributed by atoms with van der Waals surface area (Å²) in [5, 5.41) is 0. The molecule has 0 bridgehead atoms. The summed E-state index contributed by atoms with van der Waals surface area (Å²) < 4.78 is 14.4. The van der Waals surface area contributed by atoms with E-state index >= 15 is 0 Å². The van der Waals surface area contributed by atoms with E-state index in [1.165, 1.54) is 33.3 Å². The topological polar surface area (TPSA) is 87.8 Å². The lowest BCUT2D eigenvalue weighted by Crippen LogP contribution is -2.25. The number of ether oxygens (including phenoxy) is 3. The van der Waals surface area contributed by atoms with Gasteiger partial charge in [-0.15, -0.1) is 0 Å². The highest BCUT2D eigenvalue weighted by atomic mass is 16.6. The van der Waals surface area contributed by atoms with Crippen LogP contribution in [0.4, 0.5) is 5.69 Å². The van der Waals surface area contributed by atoms with E-state index in [0.29, 0.717) is 5.75 Å². The van der Waals surface area contributed by atoms with Crippen molar-refractivity contribution in [1.29, 1.82) is 0 Å². The summed E-state index contributed by atoms with van der Waals surface area (Å²) in [6.45, 7) is 1.42. The molecule has 1 aromatic carbocycles. The summed E-state index contributed by atoms with van der Waals surface area (Å²) >= 11 is 0. The van der Waals surface area contributed by atoms with Crippen LogP contribution in [-0.4, -0.2) is 32.3 Å². The molecule has 0 spiro atoms. The van der Waals surface area contributed by atoms with E-state index in [-0.39, 0.29) is 11.3 Å². The zero-order valence-corrected chi connectivity index (χ0v) is 10.4. The zero-order valence-electron chi connectivity index (χ0n) is 10.4. The van der Waals surface area contributed by atoms with Gasteiger partial charge >= 0.3 is 11.9 Å². The average molecular weight is 253 g/mol. The monoisotopic (exact) mass is 253 g/mol. The molecule has 18 heavy (non-hydrogen) atoms. The summed E-state index contributed by atoms with van der Waals surface area (Å²) in [6.07, 6.45) is -0.992. The molecule has 0 aliphatic rings. The lowest BCUT2D eigenvalue weighted by Gasteiger charge is -2.12. The van der Waals surface area contributed by atoms with Crippen LogP contribution in [0.15, 0.2) is 18.2 Å². The van der Waals surface area contributed by atoms with E-state index in [1.807, 2.05) is 0 Å². The first-order chi connectivity index (χ1) is 8.49. The van der Waals surface area contributed by atoms with E-state index < -0.39 is 18.0 Å². The van der Waals surface area contributed by atoms with Crippen LogP contribution in [0.3, 0.4) is 0 Å². The molecular weight excluding hydrogens is 238 g/mol. The normalized spacial score (nSPS) is 11.5. The first-order valence-electron chi connectivity index (χ1n) is 5.22. The highest BCUT2D eigenvalue weighted by Gasteiger charge is 2.21. The number of carbonyl (C=O) groups is 2. The minimum atomic E-state index is -0.992. The number of nitrogen functional groups attached to an aromatic ring is 1. The van der Waals surface area contributed by atoms with Gasteiger partial charge in [0.25, 0.3) is 0 Å². The highest BCUT2D eigenvalue weighted by Crippen LogP contribution is 2.20. The van der Waals surface area contributed by atoms with Gasteiger partial charge in [-0.1, -0.05) is 0 Å². The van der Waals surface area contributed by atoms with Crippen molar-refractivity contribution >= 4 is 17.6 Å². The first kappa shape index (κ1) is 13.8. The number of rotatable bonds is 4. The molecule has 0 aromatic heterocycles. The molecule has 6 heteroatoms. The van der Waals surface area contributed by atoms with Crippen LogP contribution in [0.1, 0.15) is 17.3 Å². The van der Waals surface area contributed by atoms with Gasteiger partial charge in [0.05, 0.1) is 19.8 Å². The Balaban J connectivity index is 2.87. The Kier molecular flexibility index (Phi) is 4.53. The molecule has 1 aromatic rings. The van der Waals surface area contributed by atoms with Crippen molar-refractivity contribution in [3.8, 4) is 5.75 Å². The van der Waals surface area contributed by atoms with E-state index in [4.69, 9.17) is 15.2 Å². The molecule has 1 rings (SSSR count). The predicted molar refractivity (Wildman–Crippen MR) is 64.3 cm³/mol. The van der Waals surface area contributed by atoms with Crippen LogP contribution in [0.25, 0.3) is 0 Å². The number of carbonyl (C=O) groups excluding carboxylic acids is 2. The molecule has 0 radical (unpaired) electrons. The van der Waals surface area contributed by atoms with Crippen LogP contribution in [0.5, 0.6) is 5.75 Å². The number of anilines is 1. The fraction of sp³-hybridized carbons (Fsp3) is 0.333. The maximum absolute atomic E-state index is 11.8. The quantitative estimate of drug-likeness (QED) is 0.636. The number of esters is 2. The molecule has 2 N–H and O–H groups in total. The summed E-state index contributed by atoms with van der Waals surface area (Å²) in [5.41, 5.74) is 6.05. The number of hydrogen-bond donors (Lipinski definition) is 1. The summed E-state index contributed by atoms with van der Waals surface area (Å²) in [6, 6.07) is 4.59. The molecule has 0 saturated carbocycles. The van der Waals surface area contributed by atoms with Crippen LogP contribution < -0.4 is 10.5 Å². The van der Waals surface area contributed by atoms with Gasteiger partial charge in [0.2, 0.25) is 0 Å². The maximum Gasteiger partial charge on any atom is 0.346 e. The highest BCUT2D eigenvalue weighted by molar-refractivity contribution is 5.96. The molecule has 1 unspecified atom stereocenters. The fourth-order valence-corrected chi connectivity index (χ4v) is 1.28. The van der Waals surface area contributed by atoms with Crippen molar-refractivity contribution in [2.24, 2.45) is 0 Å². The second-order valence-corrected chi connectivity index (χ2v) is 3.52. The Bertz CT molecular complexity index is 458. The standard InChI is InChI=1S/C12H15NO5/c1-7(11(14)17-3)18-12(15)9-6-8(16-2)4-5-10(9)13/h4-7H,13H2,1-3H3. The van der Waals surface area contributed by atoms with Gasteiger partial charge < -0.3 is 19.9 Å². The minimum absolute atomic E-state index is 0.144. The fourth-order valence-electron chi connectivity index (χ4n) is 1.28. The van der Waals surface area contributed by atoms with Crippen LogP contribution in [0.2, 0.25) is 0 Å². The van der Waals surface area contributed by atoms with Gasteiger partial charge in [0.1, 0.15) is 5.75 Å². The number of methoxy groups -OCH3 is 2. The molecule has 0 aliphatic heterocycles. The summed E-state index contributed by atoms with van der Waals surface area (Å²) in [4.78, 5) is 22.9. The Morgan fingerprint density at radius 3 is 2.50 bits per heavy atom.